The molecule has 6 nitrogen and oxygen atoms in total. The summed E-state index contributed by atoms with van der Waals surface area (Å²) in [5, 5.41) is 12.4. The fourth-order valence-corrected chi connectivity index (χ4v) is 5.11. The van der Waals surface area contributed by atoms with Crippen molar-refractivity contribution in [2.45, 2.75) is 37.3 Å². The van der Waals surface area contributed by atoms with Crippen LogP contribution in [0, 0.1) is 13.8 Å². The molecule has 27 heavy (non-hydrogen) atoms. The summed E-state index contributed by atoms with van der Waals surface area (Å²) >= 11 is 2.98. The van der Waals surface area contributed by atoms with E-state index in [4.69, 9.17) is 0 Å². The molecular weight excluding hydrogens is 378 g/mol. The predicted octanol–water partition coefficient (Wildman–Crippen LogP) is 2.13. The molecule has 0 unspecified atom stereocenters. The van der Waals surface area contributed by atoms with Gasteiger partial charge in [0.15, 0.2) is 4.34 Å². The summed E-state index contributed by atoms with van der Waals surface area (Å²) in [6, 6.07) is 6.24. The SMILES string of the molecule is CC[NH+]1CCN(C(=O)[C@@H](C)Sc2nnc(Nc3ccc(C)c(C)c3)s2)CC1. The second-order valence-electron chi connectivity index (χ2n) is 6.99. The first-order chi connectivity index (χ1) is 13.0. The molecule has 0 aliphatic carbocycles. The predicted molar refractivity (Wildman–Crippen MR) is 112 cm³/mol. The van der Waals surface area contributed by atoms with E-state index in [0.717, 1.165) is 47.9 Å². The standard InChI is InChI=1S/C19H27N5OS2/c1-5-23-8-10-24(11-9-23)17(25)15(4)26-19-22-21-18(27-19)20-16-7-6-13(2)14(3)12-16/h6-7,12,15H,5,8-11H2,1-4H3,(H,20,21)/p+1/t15-/m1/s1. The van der Waals surface area contributed by atoms with Crippen LogP contribution in [0.1, 0.15) is 25.0 Å². The highest BCUT2D eigenvalue weighted by atomic mass is 32.2. The van der Waals surface area contributed by atoms with Crippen LogP contribution in [0.2, 0.25) is 0 Å². The van der Waals surface area contributed by atoms with Crippen molar-refractivity contribution in [3.63, 3.8) is 0 Å². The average molecular weight is 407 g/mol. The number of aromatic nitrogens is 2. The number of thioether (sulfide) groups is 1. The van der Waals surface area contributed by atoms with E-state index in [1.807, 2.05) is 17.9 Å². The van der Waals surface area contributed by atoms with Crippen molar-refractivity contribution in [3.8, 4) is 0 Å². The summed E-state index contributed by atoms with van der Waals surface area (Å²) in [6.45, 7) is 13.3. The molecule has 1 aliphatic heterocycles. The normalized spacial score (nSPS) is 16.4. The van der Waals surface area contributed by atoms with Gasteiger partial charge in [-0.3, -0.25) is 4.79 Å². The van der Waals surface area contributed by atoms with Crippen molar-refractivity contribution in [1.82, 2.24) is 15.1 Å². The fourth-order valence-electron chi connectivity index (χ4n) is 3.11. The molecule has 1 saturated heterocycles. The number of quaternary nitrogens is 1. The van der Waals surface area contributed by atoms with Crippen molar-refractivity contribution in [2.75, 3.05) is 38.0 Å². The lowest BCUT2D eigenvalue weighted by atomic mass is 10.1. The molecule has 1 amide bonds. The van der Waals surface area contributed by atoms with Crippen LogP contribution in [0.15, 0.2) is 22.5 Å². The highest BCUT2D eigenvalue weighted by molar-refractivity contribution is 8.02. The maximum Gasteiger partial charge on any atom is 0.236 e. The Bertz CT molecular complexity index is 786. The number of likely N-dealkylation sites (N-methyl/N-ethyl adjacent to an activating group) is 1. The average Bonchev–Trinajstić information content (AvgIpc) is 3.11. The number of aryl methyl sites for hydroxylation is 2. The molecule has 1 fully saturated rings. The van der Waals surface area contributed by atoms with Gasteiger partial charge in [-0.2, -0.15) is 0 Å². The lowest BCUT2D eigenvalue weighted by Crippen LogP contribution is -3.14. The number of carbonyl (C=O) groups excluding carboxylic acids is 1. The number of anilines is 2. The number of nitrogens with zero attached hydrogens (tertiary/aromatic N) is 3. The number of nitrogens with one attached hydrogen (secondary N) is 2. The molecule has 2 heterocycles. The van der Waals surface area contributed by atoms with Crippen LogP contribution < -0.4 is 10.2 Å². The first-order valence-corrected chi connectivity index (χ1v) is 11.1. The van der Waals surface area contributed by atoms with Crippen molar-refractivity contribution in [1.29, 1.82) is 0 Å². The zero-order valence-electron chi connectivity index (χ0n) is 16.4. The van der Waals surface area contributed by atoms with Crippen molar-refractivity contribution < 1.29 is 9.69 Å². The van der Waals surface area contributed by atoms with Crippen LogP contribution in [-0.4, -0.2) is 59.0 Å². The minimum absolute atomic E-state index is 0.143. The van der Waals surface area contributed by atoms with E-state index in [0.29, 0.717) is 0 Å². The van der Waals surface area contributed by atoms with E-state index in [-0.39, 0.29) is 11.2 Å². The number of piperazine rings is 1. The number of hydrogen-bond acceptors (Lipinski definition) is 6. The van der Waals surface area contributed by atoms with Gasteiger partial charge in [0.25, 0.3) is 0 Å². The highest BCUT2D eigenvalue weighted by Gasteiger charge is 2.27. The molecule has 2 N–H and O–H groups in total. The molecule has 2 aromatic rings. The lowest BCUT2D eigenvalue weighted by Gasteiger charge is -2.32. The minimum atomic E-state index is -0.143. The van der Waals surface area contributed by atoms with Gasteiger partial charge in [0.05, 0.1) is 38.0 Å². The molecule has 3 rings (SSSR count). The monoisotopic (exact) mass is 406 g/mol. The van der Waals surface area contributed by atoms with Gasteiger partial charge in [0, 0.05) is 5.69 Å². The Morgan fingerprint density at radius 2 is 2.04 bits per heavy atom. The van der Waals surface area contributed by atoms with E-state index in [1.54, 1.807) is 4.90 Å². The Morgan fingerprint density at radius 1 is 1.30 bits per heavy atom. The van der Waals surface area contributed by atoms with E-state index in [1.165, 1.54) is 34.2 Å². The van der Waals surface area contributed by atoms with E-state index in [9.17, 15) is 4.79 Å². The zero-order chi connectivity index (χ0) is 19.4. The molecule has 1 aromatic heterocycles. The van der Waals surface area contributed by atoms with Crippen LogP contribution >= 0.6 is 23.1 Å². The third-order valence-corrected chi connectivity index (χ3v) is 7.08. The Hall–Kier alpha value is -1.64. The Labute approximate surface area is 169 Å². The van der Waals surface area contributed by atoms with Gasteiger partial charge in [0.2, 0.25) is 11.0 Å². The Kier molecular flexibility index (Phi) is 6.73. The topological polar surface area (TPSA) is 62.6 Å². The van der Waals surface area contributed by atoms with Crippen molar-refractivity contribution in [2.24, 2.45) is 0 Å². The Morgan fingerprint density at radius 3 is 2.70 bits per heavy atom. The lowest BCUT2D eigenvalue weighted by molar-refractivity contribution is -0.902. The summed E-state index contributed by atoms with van der Waals surface area (Å²) in [5.74, 6) is 0.203. The summed E-state index contributed by atoms with van der Waals surface area (Å²) in [7, 11) is 0. The molecule has 0 saturated carbocycles. The third-order valence-electron chi connectivity index (χ3n) is 5.07. The molecule has 1 aromatic carbocycles. The number of hydrogen-bond donors (Lipinski definition) is 2. The van der Waals surface area contributed by atoms with Crippen LogP contribution in [0.5, 0.6) is 0 Å². The molecule has 0 radical (unpaired) electrons. The molecule has 1 aliphatic rings. The largest absolute Gasteiger partial charge is 0.332 e. The summed E-state index contributed by atoms with van der Waals surface area (Å²) in [4.78, 5) is 16.3. The Balaban J connectivity index is 1.55. The fraction of sp³-hybridized carbons (Fsp3) is 0.526. The van der Waals surface area contributed by atoms with Crippen molar-refractivity contribution >= 4 is 39.8 Å². The summed E-state index contributed by atoms with van der Waals surface area (Å²) in [6.07, 6.45) is 0. The molecule has 146 valence electrons. The van der Waals surface area contributed by atoms with Crippen molar-refractivity contribution in [3.05, 3.63) is 29.3 Å². The van der Waals surface area contributed by atoms with E-state index >= 15 is 0 Å². The van der Waals surface area contributed by atoms with E-state index in [2.05, 4.69) is 48.4 Å². The molecule has 8 heteroatoms. The van der Waals surface area contributed by atoms with Gasteiger partial charge in [-0.15, -0.1) is 10.2 Å². The minimum Gasteiger partial charge on any atom is -0.332 e. The van der Waals surface area contributed by atoms with Gasteiger partial charge < -0.3 is 15.1 Å². The van der Waals surface area contributed by atoms with Crippen LogP contribution in [-0.2, 0) is 4.79 Å². The second kappa shape index (κ2) is 9.03. The van der Waals surface area contributed by atoms with Gasteiger partial charge in [-0.05, 0) is 51.0 Å². The molecule has 0 spiro atoms. The van der Waals surface area contributed by atoms with Crippen LogP contribution in [0.25, 0.3) is 0 Å². The summed E-state index contributed by atoms with van der Waals surface area (Å²) in [5.41, 5.74) is 3.51. The maximum atomic E-state index is 12.7. The first kappa shape index (κ1) is 20.1. The van der Waals surface area contributed by atoms with Gasteiger partial charge in [-0.1, -0.05) is 29.2 Å². The number of rotatable bonds is 6. The van der Waals surface area contributed by atoms with E-state index < -0.39 is 0 Å². The first-order valence-electron chi connectivity index (χ1n) is 9.43. The number of amides is 1. The van der Waals surface area contributed by atoms with Crippen LogP contribution in [0.3, 0.4) is 0 Å². The van der Waals surface area contributed by atoms with Gasteiger partial charge >= 0.3 is 0 Å². The smallest absolute Gasteiger partial charge is 0.236 e. The number of carbonyl (C=O) groups is 1. The summed E-state index contributed by atoms with van der Waals surface area (Å²) < 4.78 is 0.819. The molecule has 0 bridgehead atoms. The zero-order valence-corrected chi connectivity index (χ0v) is 18.0. The van der Waals surface area contributed by atoms with Crippen LogP contribution in [0.4, 0.5) is 10.8 Å². The highest BCUT2D eigenvalue weighted by Crippen LogP contribution is 2.31. The third kappa shape index (κ3) is 5.21. The number of benzene rings is 1. The quantitative estimate of drug-likeness (QED) is 0.720. The second-order valence-corrected chi connectivity index (χ2v) is 9.55. The molecule has 1 atom stereocenters. The maximum absolute atomic E-state index is 12.7. The van der Waals surface area contributed by atoms with Gasteiger partial charge in [-0.25, -0.2) is 0 Å². The molecular formula is C19H28N5OS2+. The van der Waals surface area contributed by atoms with Gasteiger partial charge in [0.1, 0.15) is 0 Å².